The molecule has 0 aliphatic rings. The van der Waals surface area contributed by atoms with E-state index in [0.29, 0.717) is 46.2 Å². The van der Waals surface area contributed by atoms with Crippen molar-refractivity contribution in [3.05, 3.63) is 12.7 Å². The van der Waals surface area contributed by atoms with Crippen molar-refractivity contribution in [3.8, 4) is 0 Å². The molecule has 0 radical (unpaired) electrons. The zero-order valence-electron chi connectivity index (χ0n) is 13.4. The summed E-state index contributed by atoms with van der Waals surface area (Å²) >= 11 is 0. The van der Waals surface area contributed by atoms with Crippen LogP contribution >= 0.6 is 0 Å². The SMILES string of the molecule is C=CCOCCOCCOCCOCC(=O)OC(C)(C)C. The van der Waals surface area contributed by atoms with Gasteiger partial charge in [-0.3, -0.25) is 0 Å². The van der Waals surface area contributed by atoms with E-state index >= 15 is 0 Å². The molecule has 0 saturated carbocycles. The van der Waals surface area contributed by atoms with E-state index < -0.39 is 5.60 Å². The van der Waals surface area contributed by atoms with E-state index in [9.17, 15) is 4.79 Å². The number of ether oxygens (including phenoxy) is 5. The second-order valence-electron chi connectivity index (χ2n) is 5.23. The Morgan fingerprint density at radius 2 is 1.38 bits per heavy atom. The van der Waals surface area contributed by atoms with Crippen LogP contribution in [0.5, 0.6) is 0 Å². The van der Waals surface area contributed by atoms with E-state index in [0.717, 1.165) is 0 Å². The molecule has 0 aromatic carbocycles. The van der Waals surface area contributed by atoms with Gasteiger partial charge in [-0.25, -0.2) is 4.79 Å². The third kappa shape index (κ3) is 17.0. The van der Waals surface area contributed by atoms with E-state index in [-0.39, 0.29) is 12.6 Å². The first-order valence-electron chi connectivity index (χ1n) is 7.09. The van der Waals surface area contributed by atoms with Crippen LogP contribution in [0, 0.1) is 0 Å². The van der Waals surface area contributed by atoms with Gasteiger partial charge in [-0.05, 0) is 20.8 Å². The van der Waals surface area contributed by atoms with Gasteiger partial charge in [0.05, 0.1) is 46.2 Å². The molecule has 0 aliphatic carbocycles. The first-order chi connectivity index (χ1) is 9.95. The Morgan fingerprint density at radius 3 is 1.86 bits per heavy atom. The van der Waals surface area contributed by atoms with Crippen LogP contribution in [-0.4, -0.2) is 64.4 Å². The quantitative estimate of drug-likeness (QED) is 0.292. The lowest BCUT2D eigenvalue weighted by Crippen LogP contribution is -2.27. The van der Waals surface area contributed by atoms with Crippen LogP contribution in [-0.2, 0) is 28.5 Å². The number of hydrogen-bond donors (Lipinski definition) is 0. The third-order valence-corrected chi connectivity index (χ3v) is 1.99. The third-order valence-electron chi connectivity index (χ3n) is 1.99. The van der Waals surface area contributed by atoms with Crippen LogP contribution in [0.4, 0.5) is 0 Å². The molecule has 0 saturated heterocycles. The van der Waals surface area contributed by atoms with Crippen molar-refractivity contribution in [1.82, 2.24) is 0 Å². The second-order valence-corrected chi connectivity index (χ2v) is 5.23. The van der Waals surface area contributed by atoms with Gasteiger partial charge in [0.15, 0.2) is 0 Å². The van der Waals surface area contributed by atoms with E-state index in [1.54, 1.807) is 6.08 Å². The Morgan fingerprint density at radius 1 is 0.905 bits per heavy atom. The topological polar surface area (TPSA) is 63.2 Å². The molecule has 0 aromatic heterocycles. The molecular weight excluding hydrogens is 276 g/mol. The van der Waals surface area contributed by atoms with Gasteiger partial charge in [-0.2, -0.15) is 0 Å². The molecule has 6 heteroatoms. The first kappa shape index (κ1) is 20.1. The predicted octanol–water partition coefficient (Wildman–Crippen LogP) is 1.58. The monoisotopic (exact) mass is 304 g/mol. The maximum Gasteiger partial charge on any atom is 0.332 e. The van der Waals surface area contributed by atoms with Crippen molar-refractivity contribution in [2.24, 2.45) is 0 Å². The molecule has 6 nitrogen and oxygen atoms in total. The molecule has 0 N–H and O–H groups in total. The molecule has 0 aromatic rings. The highest BCUT2D eigenvalue weighted by molar-refractivity contribution is 5.71. The Kier molecular flexibility index (Phi) is 12.2. The molecule has 0 aliphatic heterocycles. The smallest absolute Gasteiger partial charge is 0.332 e. The van der Waals surface area contributed by atoms with Crippen molar-refractivity contribution < 1.29 is 28.5 Å². The Labute approximate surface area is 127 Å². The van der Waals surface area contributed by atoms with Gasteiger partial charge >= 0.3 is 5.97 Å². The summed E-state index contributed by atoms with van der Waals surface area (Å²) in [6.07, 6.45) is 1.69. The van der Waals surface area contributed by atoms with Gasteiger partial charge in [0.25, 0.3) is 0 Å². The first-order valence-corrected chi connectivity index (χ1v) is 7.09. The minimum absolute atomic E-state index is 0.0578. The molecule has 21 heavy (non-hydrogen) atoms. The lowest BCUT2D eigenvalue weighted by atomic mass is 10.2. The van der Waals surface area contributed by atoms with Gasteiger partial charge in [0.1, 0.15) is 12.2 Å². The minimum Gasteiger partial charge on any atom is -0.458 e. The van der Waals surface area contributed by atoms with Crippen LogP contribution in [0.1, 0.15) is 20.8 Å². The fourth-order valence-electron chi connectivity index (χ4n) is 1.25. The molecular formula is C15H28O6. The predicted molar refractivity (Wildman–Crippen MR) is 79.3 cm³/mol. The fraction of sp³-hybridized carbons (Fsp3) is 0.800. The summed E-state index contributed by atoms with van der Waals surface area (Å²) in [5.41, 5.74) is -0.482. The van der Waals surface area contributed by atoms with E-state index in [1.165, 1.54) is 0 Å². The van der Waals surface area contributed by atoms with Crippen LogP contribution < -0.4 is 0 Å². The molecule has 0 bridgehead atoms. The highest BCUT2D eigenvalue weighted by Gasteiger charge is 2.15. The number of carbonyl (C=O) groups is 1. The van der Waals surface area contributed by atoms with Crippen molar-refractivity contribution in [2.45, 2.75) is 26.4 Å². The fourth-order valence-corrected chi connectivity index (χ4v) is 1.25. The Hall–Kier alpha value is -0.950. The number of esters is 1. The average molecular weight is 304 g/mol. The van der Waals surface area contributed by atoms with E-state index in [1.807, 2.05) is 20.8 Å². The molecule has 0 atom stereocenters. The van der Waals surface area contributed by atoms with Gasteiger partial charge in [-0.15, -0.1) is 6.58 Å². The van der Waals surface area contributed by atoms with Crippen LogP contribution in [0.3, 0.4) is 0 Å². The summed E-state index contributed by atoms with van der Waals surface area (Å²) in [7, 11) is 0. The standard InChI is InChI=1S/C15H28O6/c1-5-6-17-7-8-18-9-10-19-11-12-20-13-14(16)21-15(2,3)4/h5H,1,6-13H2,2-4H3. The minimum atomic E-state index is -0.482. The summed E-state index contributed by atoms with van der Waals surface area (Å²) < 4.78 is 26.0. The summed E-state index contributed by atoms with van der Waals surface area (Å²) in [6, 6.07) is 0. The molecule has 0 fully saturated rings. The van der Waals surface area contributed by atoms with Crippen molar-refractivity contribution in [3.63, 3.8) is 0 Å². The van der Waals surface area contributed by atoms with Gasteiger partial charge < -0.3 is 23.7 Å². The Bertz CT molecular complexity index is 272. The summed E-state index contributed by atoms with van der Waals surface area (Å²) in [4.78, 5) is 11.3. The Balaban J connectivity index is 3.19. The molecule has 0 rings (SSSR count). The van der Waals surface area contributed by atoms with Gasteiger partial charge in [-0.1, -0.05) is 6.08 Å². The summed E-state index contributed by atoms with van der Waals surface area (Å²) in [5.74, 6) is -0.370. The number of rotatable bonds is 13. The van der Waals surface area contributed by atoms with Crippen LogP contribution in [0.25, 0.3) is 0 Å². The lowest BCUT2D eigenvalue weighted by molar-refractivity contribution is -0.160. The molecule has 124 valence electrons. The largest absolute Gasteiger partial charge is 0.458 e. The zero-order chi connectivity index (χ0) is 16.0. The number of hydrogen-bond acceptors (Lipinski definition) is 6. The van der Waals surface area contributed by atoms with Crippen molar-refractivity contribution in [1.29, 1.82) is 0 Å². The average Bonchev–Trinajstić information content (AvgIpc) is 2.38. The molecule has 0 amide bonds. The zero-order valence-corrected chi connectivity index (χ0v) is 13.4. The summed E-state index contributed by atoms with van der Waals surface area (Å²) in [5, 5.41) is 0. The van der Waals surface area contributed by atoms with E-state index in [4.69, 9.17) is 23.7 Å². The van der Waals surface area contributed by atoms with Gasteiger partial charge in [0, 0.05) is 0 Å². The maximum atomic E-state index is 11.3. The van der Waals surface area contributed by atoms with Crippen molar-refractivity contribution in [2.75, 3.05) is 52.9 Å². The van der Waals surface area contributed by atoms with Crippen molar-refractivity contribution >= 4 is 5.97 Å². The normalized spacial score (nSPS) is 11.4. The van der Waals surface area contributed by atoms with Gasteiger partial charge in [0.2, 0.25) is 0 Å². The number of carbonyl (C=O) groups excluding carboxylic acids is 1. The highest BCUT2D eigenvalue weighted by atomic mass is 16.6. The molecule has 0 unspecified atom stereocenters. The van der Waals surface area contributed by atoms with Crippen LogP contribution in [0.15, 0.2) is 12.7 Å². The molecule has 0 heterocycles. The van der Waals surface area contributed by atoms with E-state index in [2.05, 4.69) is 6.58 Å². The lowest BCUT2D eigenvalue weighted by Gasteiger charge is -2.19. The van der Waals surface area contributed by atoms with Crippen LogP contribution in [0.2, 0.25) is 0 Å². The highest BCUT2D eigenvalue weighted by Crippen LogP contribution is 2.06. The maximum absolute atomic E-state index is 11.3. The summed E-state index contributed by atoms with van der Waals surface area (Å²) in [6.45, 7) is 12.3. The molecule has 0 spiro atoms. The second kappa shape index (κ2) is 12.8.